The zero-order valence-electron chi connectivity index (χ0n) is 24.4. The van der Waals surface area contributed by atoms with E-state index < -0.39 is 17.5 Å². The van der Waals surface area contributed by atoms with Crippen LogP contribution in [0, 0.1) is 0 Å². The topological polar surface area (TPSA) is 117 Å². The second-order valence-electron chi connectivity index (χ2n) is 10.6. The molecule has 0 saturated carbocycles. The summed E-state index contributed by atoms with van der Waals surface area (Å²) in [5.74, 6) is 1.22. The van der Waals surface area contributed by atoms with Crippen LogP contribution in [-0.4, -0.2) is 59.8 Å². The fraction of sp³-hybridized carbons (Fsp3) is 0.355. The van der Waals surface area contributed by atoms with Gasteiger partial charge in [-0.15, -0.1) is 5.10 Å². The highest BCUT2D eigenvalue weighted by Crippen LogP contribution is 2.40. The third-order valence-corrected chi connectivity index (χ3v) is 7.37. The van der Waals surface area contributed by atoms with Gasteiger partial charge in [-0.2, -0.15) is 0 Å². The Morgan fingerprint density at radius 1 is 1.02 bits per heavy atom. The number of hydrogen-bond donors (Lipinski definition) is 1. The van der Waals surface area contributed by atoms with E-state index in [9.17, 15) is 9.59 Å². The van der Waals surface area contributed by atoms with Gasteiger partial charge in [-0.25, -0.2) is 4.68 Å². The van der Waals surface area contributed by atoms with E-state index >= 15 is 0 Å². The fourth-order valence-electron chi connectivity index (χ4n) is 4.79. The first kappa shape index (κ1) is 28.7. The number of anilines is 1. The number of para-hydroxylation sites is 1. The van der Waals surface area contributed by atoms with Crippen molar-refractivity contribution in [3.63, 3.8) is 0 Å². The van der Waals surface area contributed by atoms with Crippen molar-refractivity contribution in [2.24, 2.45) is 0 Å². The molecule has 1 unspecified atom stereocenters. The van der Waals surface area contributed by atoms with Crippen LogP contribution in [0.2, 0.25) is 0 Å². The number of aromatic nitrogens is 3. The lowest BCUT2D eigenvalue weighted by Crippen LogP contribution is -2.51. The third kappa shape index (κ3) is 5.81. The first-order valence-corrected chi connectivity index (χ1v) is 13.8. The molecule has 1 atom stereocenters. The number of carbonyl (C=O) groups is 2. The van der Waals surface area contributed by atoms with Crippen molar-refractivity contribution in [2.75, 3.05) is 32.3 Å². The highest BCUT2D eigenvalue weighted by atomic mass is 16.6. The molecule has 4 aromatic rings. The number of amides is 2. The lowest BCUT2D eigenvalue weighted by Gasteiger charge is -2.35. The zero-order valence-corrected chi connectivity index (χ0v) is 24.4. The number of methoxy groups -OCH3 is 2. The van der Waals surface area contributed by atoms with Crippen LogP contribution in [0.4, 0.5) is 5.69 Å². The SMILES string of the molecule is CCC(C)(C)NC(=O)C(c1ccc(OC)cc1OC)N(C(=O)Cn1nnc2ccccc21)c1ccc2c(c1)OCCO2. The molecule has 220 valence electrons. The normalized spacial score (nSPS) is 13.4. The maximum atomic E-state index is 14.4. The van der Waals surface area contributed by atoms with Gasteiger partial charge in [0, 0.05) is 28.9 Å². The smallest absolute Gasteiger partial charge is 0.249 e. The Labute approximate surface area is 244 Å². The van der Waals surface area contributed by atoms with E-state index in [1.54, 1.807) is 43.5 Å². The molecule has 11 nitrogen and oxygen atoms in total. The van der Waals surface area contributed by atoms with Crippen molar-refractivity contribution in [2.45, 2.75) is 45.3 Å². The predicted octanol–water partition coefficient (Wildman–Crippen LogP) is 4.30. The molecule has 11 heteroatoms. The largest absolute Gasteiger partial charge is 0.497 e. The Morgan fingerprint density at radius 3 is 2.52 bits per heavy atom. The molecule has 2 heterocycles. The van der Waals surface area contributed by atoms with Crippen LogP contribution < -0.4 is 29.2 Å². The van der Waals surface area contributed by atoms with Crippen LogP contribution in [0.15, 0.2) is 60.7 Å². The van der Waals surface area contributed by atoms with Crippen LogP contribution in [0.1, 0.15) is 38.8 Å². The molecule has 1 aliphatic rings. The summed E-state index contributed by atoms with van der Waals surface area (Å²) >= 11 is 0. The van der Waals surface area contributed by atoms with Gasteiger partial charge in [0.05, 0.1) is 19.7 Å². The Balaban J connectivity index is 1.67. The van der Waals surface area contributed by atoms with E-state index in [0.717, 1.165) is 0 Å². The van der Waals surface area contributed by atoms with Crippen molar-refractivity contribution in [1.29, 1.82) is 0 Å². The van der Waals surface area contributed by atoms with Gasteiger partial charge < -0.3 is 24.3 Å². The molecule has 1 aromatic heterocycles. The van der Waals surface area contributed by atoms with Crippen LogP contribution in [-0.2, 0) is 16.1 Å². The Kier molecular flexibility index (Phi) is 8.19. The summed E-state index contributed by atoms with van der Waals surface area (Å²) in [5, 5.41) is 11.5. The molecule has 42 heavy (non-hydrogen) atoms. The standard InChI is InChI=1S/C31H35N5O6/c1-6-31(2,3)32-30(38)29(22-13-12-21(39-4)18-26(22)40-5)36(20-11-14-25-27(17-20)42-16-15-41-25)28(37)19-35-24-10-8-7-9-23(24)33-34-35/h7-14,17-18,29H,6,15-16,19H2,1-5H3,(H,32,38). The molecule has 3 aromatic carbocycles. The van der Waals surface area contributed by atoms with E-state index in [4.69, 9.17) is 18.9 Å². The van der Waals surface area contributed by atoms with Gasteiger partial charge >= 0.3 is 0 Å². The quantitative estimate of drug-likeness (QED) is 0.299. The monoisotopic (exact) mass is 573 g/mol. The van der Waals surface area contributed by atoms with Gasteiger partial charge in [-0.05, 0) is 56.7 Å². The Morgan fingerprint density at radius 2 is 1.79 bits per heavy atom. The average Bonchev–Trinajstić information content (AvgIpc) is 3.41. The number of fused-ring (bicyclic) bond motifs is 2. The molecule has 0 radical (unpaired) electrons. The molecular weight excluding hydrogens is 538 g/mol. The number of nitrogens with zero attached hydrogens (tertiary/aromatic N) is 4. The van der Waals surface area contributed by atoms with Gasteiger partial charge in [-0.1, -0.05) is 24.3 Å². The minimum Gasteiger partial charge on any atom is -0.497 e. The van der Waals surface area contributed by atoms with E-state index in [0.29, 0.717) is 64.9 Å². The first-order valence-electron chi connectivity index (χ1n) is 13.8. The molecular formula is C31H35N5O6. The summed E-state index contributed by atoms with van der Waals surface area (Å²) in [7, 11) is 3.07. The van der Waals surface area contributed by atoms with E-state index in [1.165, 1.54) is 16.7 Å². The fourth-order valence-corrected chi connectivity index (χ4v) is 4.79. The van der Waals surface area contributed by atoms with Crippen molar-refractivity contribution in [1.82, 2.24) is 20.3 Å². The van der Waals surface area contributed by atoms with Crippen LogP contribution >= 0.6 is 0 Å². The number of nitrogens with one attached hydrogen (secondary N) is 1. The molecule has 1 aliphatic heterocycles. The zero-order chi connectivity index (χ0) is 29.9. The molecule has 1 N–H and O–H groups in total. The predicted molar refractivity (Wildman–Crippen MR) is 157 cm³/mol. The van der Waals surface area contributed by atoms with Crippen LogP contribution in [0.25, 0.3) is 11.0 Å². The van der Waals surface area contributed by atoms with Crippen molar-refractivity contribution in [3.05, 3.63) is 66.2 Å². The lowest BCUT2D eigenvalue weighted by molar-refractivity contribution is -0.128. The molecule has 5 rings (SSSR count). The molecule has 0 aliphatic carbocycles. The van der Waals surface area contributed by atoms with Gasteiger partial charge in [0.2, 0.25) is 11.8 Å². The minimum absolute atomic E-state index is 0.172. The Hall–Kier alpha value is -4.80. The number of rotatable bonds is 10. The molecule has 0 bridgehead atoms. The first-order chi connectivity index (χ1) is 20.2. The van der Waals surface area contributed by atoms with Crippen molar-refractivity contribution >= 4 is 28.5 Å². The highest BCUT2D eigenvalue weighted by Gasteiger charge is 2.37. The van der Waals surface area contributed by atoms with Crippen LogP contribution in [0.3, 0.4) is 0 Å². The number of ether oxygens (including phenoxy) is 4. The van der Waals surface area contributed by atoms with Gasteiger partial charge in [0.25, 0.3) is 0 Å². The minimum atomic E-state index is -1.12. The molecule has 0 saturated heterocycles. The summed E-state index contributed by atoms with van der Waals surface area (Å²) in [4.78, 5) is 30.2. The lowest BCUT2D eigenvalue weighted by atomic mass is 9.97. The van der Waals surface area contributed by atoms with Crippen molar-refractivity contribution < 1.29 is 28.5 Å². The van der Waals surface area contributed by atoms with E-state index in [-0.39, 0.29) is 12.5 Å². The molecule has 0 fully saturated rings. The maximum absolute atomic E-state index is 14.4. The van der Waals surface area contributed by atoms with Gasteiger partial charge in [0.15, 0.2) is 11.5 Å². The van der Waals surface area contributed by atoms with Gasteiger partial charge in [-0.3, -0.25) is 14.5 Å². The summed E-state index contributed by atoms with van der Waals surface area (Å²) in [6.07, 6.45) is 0.675. The molecule has 2 amide bonds. The van der Waals surface area contributed by atoms with E-state index in [1.807, 2.05) is 45.0 Å². The van der Waals surface area contributed by atoms with Crippen LogP contribution in [0.5, 0.6) is 23.0 Å². The van der Waals surface area contributed by atoms with Gasteiger partial charge in [0.1, 0.15) is 42.8 Å². The summed E-state index contributed by atoms with van der Waals surface area (Å²) in [6, 6.07) is 16.6. The average molecular weight is 574 g/mol. The summed E-state index contributed by atoms with van der Waals surface area (Å²) < 4.78 is 24.2. The highest BCUT2D eigenvalue weighted by molar-refractivity contribution is 6.02. The van der Waals surface area contributed by atoms with Crippen molar-refractivity contribution in [3.8, 4) is 23.0 Å². The van der Waals surface area contributed by atoms with E-state index in [2.05, 4.69) is 15.6 Å². The number of hydrogen-bond acceptors (Lipinski definition) is 8. The summed E-state index contributed by atoms with van der Waals surface area (Å²) in [5.41, 5.74) is 1.74. The summed E-state index contributed by atoms with van der Waals surface area (Å²) in [6.45, 7) is 6.48. The third-order valence-electron chi connectivity index (χ3n) is 7.37. The number of benzene rings is 3. The number of carbonyl (C=O) groups excluding carboxylic acids is 2. The Bertz CT molecular complexity index is 1600. The maximum Gasteiger partial charge on any atom is 0.249 e. The molecule has 0 spiro atoms. The second-order valence-corrected chi connectivity index (χ2v) is 10.6. The second kappa shape index (κ2) is 12.0.